The molecule has 0 heterocycles. The van der Waals surface area contributed by atoms with Crippen molar-refractivity contribution in [2.75, 3.05) is 27.2 Å². The minimum atomic E-state index is 0.444. The number of likely N-dealkylation sites (N-methyl/N-ethyl adjacent to an activating group) is 2. The molecule has 1 aromatic rings. The van der Waals surface area contributed by atoms with Gasteiger partial charge >= 0.3 is 0 Å². The molecular formula is C16H26N2. The van der Waals surface area contributed by atoms with E-state index in [1.807, 2.05) is 0 Å². The molecule has 1 aliphatic carbocycles. The molecule has 18 heavy (non-hydrogen) atoms. The van der Waals surface area contributed by atoms with Crippen LogP contribution in [0.25, 0.3) is 0 Å². The van der Waals surface area contributed by atoms with Crippen molar-refractivity contribution >= 4 is 0 Å². The van der Waals surface area contributed by atoms with E-state index in [1.165, 1.54) is 30.5 Å². The minimum absolute atomic E-state index is 0.444. The van der Waals surface area contributed by atoms with Crippen molar-refractivity contribution in [3.05, 3.63) is 35.4 Å². The van der Waals surface area contributed by atoms with Crippen molar-refractivity contribution < 1.29 is 0 Å². The predicted molar refractivity (Wildman–Crippen MR) is 77.8 cm³/mol. The topological polar surface area (TPSA) is 15.3 Å². The summed E-state index contributed by atoms with van der Waals surface area (Å²) in [7, 11) is 4.30. The molecule has 0 bridgehead atoms. The third-order valence-electron chi connectivity index (χ3n) is 3.90. The van der Waals surface area contributed by atoms with Crippen molar-refractivity contribution in [1.82, 2.24) is 10.2 Å². The summed E-state index contributed by atoms with van der Waals surface area (Å²) in [5.41, 5.74) is 2.82. The number of rotatable bonds is 7. The molecule has 0 aromatic heterocycles. The molecule has 1 saturated carbocycles. The molecule has 1 unspecified atom stereocenters. The highest BCUT2D eigenvalue weighted by atomic mass is 15.1. The molecule has 1 N–H and O–H groups in total. The normalized spacial score (nSPS) is 17.1. The van der Waals surface area contributed by atoms with E-state index in [1.54, 1.807) is 0 Å². The number of aryl methyl sites for hydroxylation is 1. The lowest BCUT2D eigenvalue weighted by atomic mass is 10.0. The second-order valence-corrected chi connectivity index (χ2v) is 5.60. The van der Waals surface area contributed by atoms with Crippen molar-refractivity contribution in [2.45, 2.75) is 32.2 Å². The molecule has 0 saturated heterocycles. The quantitative estimate of drug-likeness (QED) is 0.796. The predicted octanol–water partition coefficient (Wildman–Crippen LogP) is 2.85. The van der Waals surface area contributed by atoms with Gasteiger partial charge in [0, 0.05) is 19.1 Å². The van der Waals surface area contributed by atoms with Crippen molar-refractivity contribution in [3.8, 4) is 0 Å². The van der Waals surface area contributed by atoms with Crippen LogP contribution >= 0.6 is 0 Å². The fourth-order valence-electron chi connectivity index (χ4n) is 2.48. The third-order valence-corrected chi connectivity index (χ3v) is 3.90. The molecule has 0 spiro atoms. The molecule has 2 rings (SSSR count). The Bertz CT molecular complexity index is 354. The molecule has 0 amide bonds. The lowest BCUT2D eigenvalue weighted by molar-refractivity contribution is 0.286. The Hall–Kier alpha value is -0.860. The van der Waals surface area contributed by atoms with Crippen molar-refractivity contribution in [3.63, 3.8) is 0 Å². The molecular weight excluding hydrogens is 220 g/mol. The molecule has 1 aromatic carbocycles. The van der Waals surface area contributed by atoms with Crippen LogP contribution in [-0.4, -0.2) is 32.1 Å². The van der Waals surface area contributed by atoms with E-state index in [9.17, 15) is 0 Å². The van der Waals surface area contributed by atoms with Gasteiger partial charge in [0.1, 0.15) is 0 Å². The van der Waals surface area contributed by atoms with Gasteiger partial charge in [-0.05, 0) is 50.4 Å². The monoisotopic (exact) mass is 246 g/mol. The largest absolute Gasteiger partial charge is 0.312 e. The summed E-state index contributed by atoms with van der Waals surface area (Å²) in [5.74, 6) is 0.968. The summed E-state index contributed by atoms with van der Waals surface area (Å²) in [4.78, 5) is 2.46. The van der Waals surface area contributed by atoms with Crippen LogP contribution in [0.2, 0.25) is 0 Å². The maximum atomic E-state index is 3.44. The van der Waals surface area contributed by atoms with E-state index < -0.39 is 0 Å². The van der Waals surface area contributed by atoms with Gasteiger partial charge in [-0.1, -0.05) is 31.2 Å². The van der Waals surface area contributed by atoms with Crippen molar-refractivity contribution in [1.29, 1.82) is 0 Å². The van der Waals surface area contributed by atoms with Gasteiger partial charge in [0.2, 0.25) is 0 Å². The lowest BCUT2D eigenvalue weighted by Crippen LogP contribution is -2.32. The smallest absolute Gasteiger partial charge is 0.0446 e. The maximum Gasteiger partial charge on any atom is 0.0446 e. The Morgan fingerprint density at radius 1 is 1.28 bits per heavy atom. The molecule has 0 aliphatic heterocycles. The van der Waals surface area contributed by atoms with Crippen LogP contribution < -0.4 is 5.32 Å². The van der Waals surface area contributed by atoms with E-state index in [-0.39, 0.29) is 0 Å². The van der Waals surface area contributed by atoms with E-state index >= 15 is 0 Å². The zero-order chi connectivity index (χ0) is 13.0. The number of hydrogen-bond acceptors (Lipinski definition) is 2. The first-order chi connectivity index (χ1) is 8.72. The van der Waals surface area contributed by atoms with Crippen LogP contribution in [0.3, 0.4) is 0 Å². The standard InChI is InChI=1S/C16H26N2/c1-4-13-7-9-15(10-8-13)16(17-2)12-18(3)11-14-5-6-14/h7-10,14,16-17H,4-6,11-12H2,1-3H3. The summed E-state index contributed by atoms with van der Waals surface area (Å²) in [6, 6.07) is 9.48. The number of nitrogens with zero attached hydrogens (tertiary/aromatic N) is 1. The maximum absolute atomic E-state index is 3.44. The zero-order valence-corrected chi connectivity index (χ0v) is 11.9. The molecule has 1 aliphatic rings. The summed E-state index contributed by atoms with van der Waals surface area (Å²) in [6.07, 6.45) is 3.98. The van der Waals surface area contributed by atoms with Gasteiger partial charge in [0.25, 0.3) is 0 Å². The number of nitrogens with one attached hydrogen (secondary N) is 1. The summed E-state index contributed by atoms with van der Waals surface area (Å²) < 4.78 is 0. The van der Waals surface area contributed by atoms with E-state index in [2.05, 4.69) is 55.5 Å². The molecule has 100 valence electrons. The van der Waals surface area contributed by atoms with E-state index in [0.29, 0.717) is 6.04 Å². The molecule has 0 radical (unpaired) electrons. The van der Waals surface area contributed by atoms with Gasteiger partial charge in [-0.3, -0.25) is 0 Å². The first-order valence-corrected chi connectivity index (χ1v) is 7.17. The molecule has 1 fully saturated rings. The summed E-state index contributed by atoms with van der Waals surface area (Å²) in [6.45, 7) is 4.55. The second kappa shape index (κ2) is 6.35. The van der Waals surface area contributed by atoms with Crippen LogP contribution in [0.15, 0.2) is 24.3 Å². The van der Waals surface area contributed by atoms with Crippen LogP contribution in [0.4, 0.5) is 0 Å². The minimum Gasteiger partial charge on any atom is -0.312 e. The first-order valence-electron chi connectivity index (χ1n) is 7.17. The summed E-state index contributed by atoms with van der Waals surface area (Å²) >= 11 is 0. The Morgan fingerprint density at radius 3 is 2.44 bits per heavy atom. The highest BCUT2D eigenvalue weighted by Gasteiger charge is 2.23. The Morgan fingerprint density at radius 2 is 1.94 bits per heavy atom. The highest BCUT2D eigenvalue weighted by Crippen LogP contribution is 2.29. The number of benzene rings is 1. The van der Waals surface area contributed by atoms with Gasteiger partial charge in [-0.2, -0.15) is 0 Å². The third kappa shape index (κ3) is 3.82. The molecule has 2 nitrogen and oxygen atoms in total. The fourth-order valence-corrected chi connectivity index (χ4v) is 2.48. The average Bonchev–Trinajstić information content (AvgIpc) is 3.20. The van der Waals surface area contributed by atoms with E-state index in [4.69, 9.17) is 0 Å². The van der Waals surface area contributed by atoms with E-state index in [0.717, 1.165) is 18.9 Å². The SMILES string of the molecule is CCc1ccc(C(CN(C)CC2CC2)NC)cc1. The highest BCUT2D eigenvalue weighted by molar-refractivity contribution is 5.25. The molecule has 1 atom stereocenters. The van der Waals surface area contributed by atoms with Gasteiger partial charge in [-0.15, -0.1) is 0 Å². The average molecular weight is 246 g/mol. The van der Waals surface area contributed by atoms with Crippen LogP contribution in [0.5, 0.6) is 0 Å². The van der Waals surface area contributed by atoms with Crippen LogP contribution in [-0.2, 0) is 6.42 Å². The lowest BCUT2D eigenvalue weighted by Gasteiger charge is -2.24. The second-order valence-electron chi connectivity index (χ2n) is 5.60. The van der Waals surface area contributed by atoms with Crippen molar-refractivity contribution in [2.24, 2.45) is 5.92 Å². The molecule has 2 heteroatoms. The van der Waals surface area contributed by atoms with Gasteiger partial charge in [-0.25, -0.2) is 0 Å². The zero-order valence-electron chi connectivity index (χ0n) is 11.9. The van der Waals surface area contributed by atoms with Crippen LogP contribution in [0.1, 0.15) is 36.9 Å². The Labute approximate surface area is 111 Å². The Balaban J connectivity index is 1.92. The van der Waals surface area contributed by atoms with Crippen LogP contribution in [0, 0.1) is 5.92 Å². The summed E-state index contributed by atoms with van der Waals surface area (Å²) in [5, 5.41) is 3.44. The fraction of sp³-hybridized carbons (Fsp3) is 0.625. The Kier molecular flexibility index (Phi) is 4.79. The number of hydrogen-bond donors (Lipinski definition) is 1. The van der Waals surface area contributed by atoms with Gasteiger partial charge < -0.3 is 10.2 Å². The van der Waals surface area contributed by atoms with Gasteiger partial charge in [0.15, 0.2) is 0 Å². The van der Waals surface area contributed by atoms with Gasteiger partial charge in [0.05, 0.1) is 0 Å². The first kappa shape index (κ1) is 13.6.